The van der Waals surface area contributed by atoms with Gasteiger partial charge in [-0.1, -0.05) is 13.8 Å². The van der Waals surface area contributed by atoms with Gasteiger partial charge in [0.2, 0.25) is 5.78 Å². The number of fused-ring (bicyclic) bond motifs is 1. The number of aliphatic imine (C=N–C) groups is 1. The van der Waals surface area contributed by atoms with Crippen LogP contribution in [0, 0.1) is 5.92 Å². The van der Waals surface area contributed by atoms with Crippen LogP contribution in [0.1, 0.15) is 45.0 Å². The molecule has 1 aliphatic heterocycles. The lowest BCUT2D eigenvalue weighted by atomic mass is 10.1. The largest absolute Gasteiger partial charge is 0.497 e. The Morgan fingerprint density at radius 2 is 2.00 bits per heavy atom. The van der Waals surface area contributed by atoms with E-state index in [1.54, 1.807) is 52.3 Å². The lowest BCUT2D eigenvalue weighted by Crippen LogP contribution is -2.26. The SMILES string of the molecule is COc1ccc2c(C(=O)C3=NC(C(C)C)CS3)cn(C(=O)OC(C)(C)C)c2c1. The summed E-state index contributed by atoms with van der Waals surface area (Å²) in [7, 11) is 1.56. The molecule has 0 aliphatic carbocycles. The molecule has 3 rings (SSSR count). The molecule has 1 unspecified atom stereocenters. The third-order valence-corrected chi connectivity index (χ3v) is 5.56. The second kappa shape index (κ2) is 7.62. The van der Waals surface area contributed by atoms with Gasteiger partial charge in [-0.25, -0.2) is 4.79 Å². The molecule has 0 radical (unpaired) electrons. The zero-order valence-electron chi connectivity index (χ0n) is 17.1. The molecule has 0 saturated carbocycles. The molecule has 0 spiro atoms. The molecule has 1 aliphatic rings. The van der Waals surface area contributed by atoms with E-state index in [1.807, 2.05) is 0 Å². The van der Waals surface area contributed by atoms with Crippen LogP contribution < -0.4 is 4.74 Å². The number of carbonyl (C=O) groups excluding carboxylic acids is 2. The van der Waals surface area contributed by atoms with Crippen molar-refractivity contribution in [3.63, 3.8) is 0 Å². The highest BCUT2D eigenvalue weighted by molar-refractivity contribution is 8.16. The average molecular weight is 403 g/mol. The van der Waals surface area contributed by atoms with Crippen molar-refractivity contribution in [1.82, 2.24) is 4.57 Å². The van der Waals surface area contributed by atoms with Crippen LogP contribution in [0.15, 0.2) is 29.4 Å². The predicted molar refractivity (Wildman–Crippen MR) is 113 cm³/mol. The fourth-order valence-corrected chi connectivity index (χ4v) is 4.19. The van der Waals surface area contributed by atoms with E-state index in [1.165, 1.54) is 16.3 Å². The first-order valence-electron chi connectivity index (χ1n) is 9.28. The topological polar surface area (TPSA) is 69.9 Å². The van der Waals surface area contributed by atoms with Crippen molar-refractivity contribution in [1.29, 1.82) is 0 Å². The summed E-state index contributed by atoms with van der Waals surface area (Å²) >= 11 is 1.48. The van der Waals surface area contributed by atoms with Crippen LogP contribution in [0.2, 0.25) is 0 Å². The third kappa shape index (κ3) is 4.09. The number of thioether (sulfide) groups is 1. The number of rotatable bonds is 4. The van der Waals surface area contributed by atoms with Crippen molar-refractivity contribution in [2.45, 2.75) is 46.3 Å². The van der Waals surface area contributed by atoms with Gasteiger partial charge >= 0.3 is 6.09 Å². The van der Waals surface area contributed by atoms with E-state index < -0.39 is 11.7 Å². The van der Waals surface area contributed by atoms with Crippen molar-refractivity contribution in [3.8, 4) is 5.75 Å². The third-order valence-electron chi connectivity index (χ3n) is 4.49. The van der Waals surface area contributed by atoms with Gasteiger partial charge in [-0.05, 0) is 38.8 Å². The zero-order chi connectivity index (χ0) is 20.6. The number of benzene rings is 1. The van der Waals surface area contributed by atoms with Gasteiger partial charge in [0.15, 0.2) is 0 Å². The molecule has 0 bridgehead atoms. The fourth-order valence-electron chi connectivity index (χ4n) is 2.95. The number of hydrogen-bond acceptors (Lipinski definition) is 6. The van der Waals surface area contributed by atoms with Crippen molar-refractivity contribution in [3.05, 3.63) is 30.0 Å². The van der Waals surface area contributed by atoms with Gasteiger partial charge in [0, 0.05) is 23.4 Å². The number of methoxy groups -OCH3 is 1. The number of hydrogen-bond donors (Lipinski definition) is 0. The predicted octanol–water partition coefficient (Wildman–Crippen LogP) is 4.79. The van der Waals surface area contributed by atoms with Crippen LogP contribution in [0.5, 0.6) is 5.75 Å². The van der Waals surface area contributed by atoms with Crippen LogP contribution in [0.3, 0.4) is 0 Å². The van der Waals surface area contributed by atoms with Crippen molar-refractivity contribution in [2.75, 3.05) is 12.9 Å². The smallest absolute Gasteiger partial charge is 0.419 e. The van der Waals surface area contributed by atoms with Crippen molar-refractivity contribution < 1.29 is 19.1 Å². The summed E-state index contributed by atoms with van der Waals surface area (Å²) in [6.45, 7) is 9.61. The van der Waals surface area contributed by atoms with Gasteiger partial charge < -0.3 is 9.47 Å². The monoisotopic (exact) mass is 402 g/mol. The average Bonchev–Trinajstić information content (AvgIpc) is 3.24. The fraction of sp³-hybridized carbons (Fsp3) is 0.476. The van der Waals surface area contributed by atoms with E-state index in [0.717, 1.165) is 5.75 Å². The lowest BCUT2D eigenvalue weighted by molar-refractivity contribution is 0.0544. The molecule has 28 heavy (non-hydrogen) atoms. The number of carbonyl (C=O) groups is 2. The molecular formula is C21H26N2O4S. The number of ether oxygens (including phenoxy) is 2. The number of Topliss-reactive ketones (excluding diaryl/α,β-unsaturated/α-hetero) is 1. The molecule has 7 heteroatoms. The van der Waals surface area contributed by atoms with Gasteiger partial charge in [-0.2, -0.15) is 0 Å². The molecule has 6 nitrogen and oxygen atoms in total. The number of nitrogens with zero attached hydrogens (tertiary/aromatic N) is 2. The molecule has 2 heterocycles. The second-order valence-corrected chi connectivity index (χ2v) is 9.17. The minimum Gasteiger partial charge on any atom is -0.497 e. The van der Waals surface area contributed by atoms with Crippen LogP contribution in [0.25, 0.3) is 10.9 Å². The number of ketones is 1. The maximum Gasteiger partial charge on any atom is 0.419 e. The Labute approximate surface area is 169 Å². The zero-order valence-corrected chi connectivity index (χ0v) is 17.9. The van der Waals surface area contributed by atoms with Crippen LogP contribution >= 0.6 is 11.8 Å². The summed E-state index contributed by atoms with van der Waals surface area (Å²) in [5.41, 5.74) is 0.368. The summed E-state index contributed by atoms with van der Waals surface area (Å²) < 4.78 is 12.2. The lowest BCUT2D eigenvalue weighted by Gasteiger charge is -2.19. The van der Waals surface area contributed by atoms with Gasteiger partial charge in [0.1, 0.15) is 16.4 Å². The van der Waals surface area contributed by atoms with Crippen LogP contribution in [-0.4, -0.2) is 46.0 Å². The summed E-state index contributed by atoms with van der Waals surface area (Å²) in [5, 5.41) is 1.17. The Balaban J connectivity index is 2.07. The molecule has 2 aromatic rings. The second-order valence-electron chi connectivity index (χ2n) is 8.16. The Kier molecular flexibility index (Phi) is 5.57. The molecule has 150 valence electrons. The Bertz CT molecular complexity index is 953. The first-order valence-corrected chi connectivity index (χ1v) is 10.3. The summed E-state index contributed by atoms with van der Waals surface area (Å²) in [6, 6.07) is 5.45. The normalized spacial score (nSPS) is 17.1. The molecule has 0 amide bonds. The van der Waals surface area contributed by atoms with Gasteiger partial charge in [-0.15, -0.1) is 11.8 Å². The van der Waals surface area contributed by atoms with E-state index in [-0.39, 0.29) is 11.8 Å². The highest BCUT2D eigenvalue weighted by Crippen LogP contribution is 2.31. The van der Waals surface area contributed by atoms with Crippen molar-refractivity contribution >= 4 is 39.6 Å². The van der Waals surface area contributed by atoms with Crippen LogP contribution in [0.4, 0.5) is 4.79 Å². The molecule has 1 aromatic carbocycles. The maximum absolute atomic E-state index is 13.2. The Hall–Kier alpha value is -2.28. The molecule has 1 atom stereocenters. The van der Waals surface area contributed by atoms with E-state index in [0.29, 0.717) is 33.2 Å². The van der Waals surface area contributed by atoms with Crippen LogP contribution in [-0.2, 0) is 4.74 Å². The standard InChI is InChI=1S/C21H26N2O4S/c1-12(2)16-11-28-19(22-16)18(24)15-10-23(20(25)27-21(3,4)5)17-9-13(26-6)7-8-14(15)17/h7-10,12,16H,11H2,1-6H3. The van der Waals surface area contributed by atoms with Gasteiger partial charge in [0.25, 0.3) is 0 Å². The Morgan fingerprint density at radius 3 is 2.57 bits per heavy atom. The highest BCUT2D eigenvalue weighted by Gasteiger charge is 2.29. The van der Waals surface area contributed by atoms with E-state index in [2.05, 4.69) is 18.8 Å². The van der Waals surface area contributed by atoms with Gasteiger partial charge in [0.05, 0.1) is 24.2 Å². The minimum absolute atomic E-state index is 0.142. The van der Waals surface area contributed by atoms with E-state index in [4.69, 9.17) is 9.47 Å². The van der Waals surface area contributed by atoms with E-state index in [9.17, 15) is 9.59 Å². The maximum atomic E-state index is 13.2. The molecule has 0 fully saturated rings. The van der Waals surface area contributed by atoms with Gasteiger partial charge in [-0.3, -0.25) is 14.4 Å². The molecular weight excluding hydrogens is 376 g/mol. The molecule has 0 N–H and O–H groups in total. The Morgan fingerprint density at radius 1 is 1.29 bits per heavy atom. The first-order chi connectivity index (χ1) is 13.1. The molecule has 0 saturated heterocycles. The minimum atomic E-state index is -0.646. The summed E-state index contributed by atoms with van der Waals surface area (Å²) in [5.74, 6) is 1.62. The van der Waals surface area contributed by atoms with Crippen molar-refractivity contribution in [2.24, 2.45) is 10.9 Å². The molecule has 1 aromatic heterocycles. The first kappa shape index (κ1) is 20.5. The summed E-state index contributed by atoms with van der Waals surface area (Å²) in [4.78, 5) is 30.5. The van der Waals surface area contributed by atoms with E-state index >= 15 is 0 Å². The highest BCUT2D eigenvalue weighted by atomic mass is 32.2. The summed E-state index contributed by atoms with van der Waals surface area (Å²) in [6.07, 6.45) is 1.01. The quantitative estimate of drug-likeness (QED) is 0.688. The number of aromatic nitrogens is 1.